The first-order chi connectivity index (χ1) is 9.88. The van der Waals surface area contributed by atoms with Crippen LogP contribution in [0.15, 0.2) is 21.1 Å². The van der Waals surface area contributed by atoms with E-state index in [0.717, 1.165) is 11.5 Å². The van der Waals surface area contributed by atoms with Crippen molar-refractivity contribution in [3.05, 3.63) is 28.5 Å². The van der Waals surface area contributed by atoms with Gasteiger partial charge in [0.15, 0.2) is 0 Å². The standard InChI is InChI=1S/C13H15N3O3S2/c1-6-7(2)19-13(15-6)21-8(3)11(18)16-12-9(10(14)17)4-5-20-12/h4-5,8H,1-3H3,(H2,14,17)(H,16,18)/t8-/m1/s1. The molecule has 2 rings (SSSR count). The molecule has 0 spiro atoms. The zero-order chi connectivity index (χ0) is 15.6. The number of nitrogens with two attached hydrogens (primary N) is 1. The predicted molar refractivity (Wildman–Crippen MR) is 82.8 cm³/mol. The van der Waals surface area contributed by atoms with Gasteiger partial charge in [-0.05, 0) is 32.2 Å². The molecular formula is C13H15N3O3S2. The Labute approximate surface area is 130 Å². The second-order valence-electron chi connectivity index (χ2n) is 4.40. The molecule has 2 amide bonds. The molecule has 2 aromatic rings. The van der Waals surface area contributed by atoms with Crippen molar-refractivity contribution in [2.24, 2.45) is 5.73 Å². The molecule has 2 heterocycles. The van der Waals surface area contributed by atoms with Gasteiger partial charge in [-0.1, -0.05) is 11.8 Å². The van der Waals surface area contributed by atoms with Gasteiger partial charge in [-0.2, -0.15) is 0 Å². The van der Waals surface area contributed by atoms with Crippen molar-refractivity contribution in [2.45, 2.75) is 31.2 Å². The summed E-state index contributed by atoms with van der Waals surface area (Å²) in [7, 11) is 0. The zero-order valence-electron chi connectivity index (χ0n) is 11.8. The van der Waals surface area contributed by atoms with Crippen molar-refractivity contribution >= 4 is 39.9 Å². The van der Waals surface area contributed by atoms with Gasteiger partial charge in [0.05, 0.1) is 16.5 Å². The van der Waals surface area contributed by atoms with Crippen molar-refractivity contribution in [3.8, 4) is 0 Å². The second-order valence-corrected chi connectivity index (χ2v) is 6.61. The fourth-order valence-corrected chi connectivity index (χ4v) is 3.14. The maximum absolute atomic E-state index is 12.1. The Morgan fingerprint density at radius 3 is 2.76 bits per heavy atom. The van der Waals surface area contributed by atoms with Crippen LogP contribution in [0.3, 0.4) is 0 Å². The first kappa shape index (κ1) is 15.6. The van der Waals surface area contributed by atoms with Crippen LogP contribution in [-0.2, 0) is 4.79 Å². The summed E-state index contributed by atoms with van der Waals surface area (Å²) < 4.78 is 5.43. The second kappa shape index (κ2) is 6.31. The van der Waals surface area contributed by atoms with Crippen LogP contribution in [0.25, 0.3) is 0 Å². The van der Waals surface area contributed by atoms with Crippen molar-refractivity contribution in [2.75, 3.05) is 5.32 Å². The Kier molecular flexibility index (Phi) is 4.69. The number of primary amides is 1. The fraction of sp³-hybridized carbons (Fsp3) is 0.308. The summed E-state index contributed by atoms with van der Waals surface area (Å²) in [6.07, 6.45) is 0. The number of carbonyl (C=O) groups excluding carboxylic acids is 2. The molecule has 21 heavy (non-hydrogen) atoms. The molecule has 2 aromatic heterocycles. The third kappa shape index (κ3) is 3.64. The molecule has 0 saturated carbocycles. The summed E-state index contributed by atoms with van der Waals surface area (Å²) >= 11 is 2.48. The largest absolute Gasteiger partial charge is 0.437 e. The van der Waals surface area contributed by atoms with Gasteiger partial charge >= 0.3 is 0 Å². The van der Waals surface area contributed by atoms with E-state index in [9.17, 15) is 9.59 Å². The highest BCUT2D eigenvalue weighted by molar-refractivity contribution is 8.00. The average molecular weight is 325 g/mol. The van der Waals surface area contributed by atoms with Crippen LogP contribution in [0.4, 0.5) is 5.00 Å². The van der Waals surface area contributed by atoms with E-state index in [1.165, 1.54) is 23.1 Å². The molecular weight excluding hydrogens is 310 g/mol. The summed E-state index contributed by atoms with van der Waals surface area (Å²) in [6, 6.07) is 1.58. The lowest BCUT2D eigenvalue weighted by molar-refractivity contribution is -0.115. The van der Waals surface area contributed by atoms with Gasteiger partial charge in [-0.25, -0.2) is 4.98 Å². The van der Waals surface area contributed by atoms with Crippen molar-refractivity contribution < 1.29 is 14.0 Å². The number of thioether (sulfide) groups is 1. The number of carbonyl (C=O) groups is 2. The first-order valence-electron chi connectivity index (χ1n) is 6.17. The average Bonchev–Trinajstić information content (AvgIpc) is 2.97. The van der Waals surface area contributed by atoms with Crippen LogP contribution in [0.1, 0.15) is 28.7 Å². The van der Waals surface area contributed by atoms with Gasteiger partial charge in [0.25, 0.3) is 11.1 Å². The van der Waals surface area contributed by atoms with E-state index in [1.54, 1.807) is 18.4 Å². The van der Waals surface area contributed by atoms with E-state index < -0.39 is 11.2 Å². The van der Waals surface area contributed by atoms with E-state index in [0.29, 0.717) is 15.8 Å². The Morgan fingerprint density at radius 1 is 1.48 bits per heavy atom. The fourth-order valence-electron chi connectivity index (χ4n) is 1.51. The lowest BCUT2D eigenvalue weighted by Gasteiger charge is -2.09. The number of amides is 2. The van der Waals surface area contributed by atoms with E-state index in [2.05, 4.69) is 10.3 Å². The van der Waals surface area contributed by atoms with E-state index in [4.69, 9.17) is 10.2 Å². The topological polar surface area (TPSA) is 98.2 Å². The number of aryl methyl sites for hydroxylation is 2. The van der Waals surface area contributed by atoms with Crippen LogP contribution < -0.4 is 11.1 Å². The maximum Gasteiger partial charge on any atom is 0.256 e. The highest BCUT2D eigenvalue weighted by Gasteiger charge is 2.20. The van der Waals surface area contributed by atoms with Crippen LogP contribution in [0.5, 0.6) is 0 Å². The molecule has 0 unspecified atom stereocenters. The molecule has 0 aliphatic carbocycles. The number of nitrogens with one attached hydrogen (secondary N) is 1. The number of anilines is 1. The molecule has 8 heteroatoms. The van der Waals surface area contributed by atoms with E-state index in [-0.39, 0.29) is 5.91 Å². The molecule has 0 aliphatic rings. The number of nitrogens with zero attached hydrogens (tertiary/aromatic N) is 1. The smallest absolute Gasteiger partial charge is 0.256 e. The lowest BCUT2D eigenvalue weighted by Crippen LogP contribution is -2.23. The molecule has 0 fully saturated rings. The molecule has 0 saturated heterocycles. The van der Waals surface area contributed by atoms with Crippen LogP contribution in [0, 0.1) is 13.8 Å². The molecule has 0 radical (unpaired) electrons. The van der Waals surface area contributed by atoms with E-state index in [1.807, 2.05) is 13.8 Å². The maximum atomic E-state index is 12.1. The number of thiophene rings is 1. The molecule has 1 atom stereocenters. The molecule has 3 N–H and O–H groups in total. The quantitative estimate of drug-likeness (QED) is 0.823. The van der Waals surface area contributed by atoms with Crippen molar-refractivity contribution in [3.63, 3.8) is 0 Å². The van der Waals surface area contributed by atoms with Gasteiger partial charge < -0.3 is 15.5 Å². The molecule has 6 nitrogen and oxygen atoms in total. The number of hydrogen-bond donors (Lipinski definition) is 2. The molecule has 0 bridgehead atoms. The zero-order valence-corrected chi connectivity index (χ0v) is 13.4. The van der Waals surface area contributed by atoms with Crippen LogP contribution in [0.2, 0.25) is 0 Å². The van der Waals surface area contributed by atoms with Gasteiger partial charge in [-0.15, -0.1) is 11.3 Å². The van der Waals surface area contributed by atoms with Gasteiger partial charge in [0.1, 0.15) is 10.8 Å². The summed E-state index contributed by atoms with van der Waals surface area (Å²) in [6.45, 7) is 5.41. The van der Waals surface area contributed by atoms with Gasteiger partial charge in [-0.3, -0.25) is 9.59 Å². The van der Waals surface area contributed by atoms with Crippen LogP contribution >= 0.6 is 23.1 Å². The van der Waals surface area contributed by atoms with Crippen molar-refractivity contribution in [1.29, 1.82) is 0 Å². The normalized spacial score (nSPS) is 12.1. The number of hydrogen-bond acceptors (Lipinski definition) is 6. The molecule has 0 aromatic carbocycles. The summed E-state index contributed by atoms with van der Waals surface area (Å²) in [5, 5.41) is 4.90. The highest BCUT2D eigenvalue weighted by Crippen LogP contribution is 2.27. The van der Waals surface area contributed by atoms with Gasteiger partial charge in [0.2, 0.25) is 5.91 Å². The minimum absolute atomic E-state index is 0.238. The SMILES string of the molecule is Cc1nc(S[C@H](C)C(=O)Nc2sccc2C(N)=O)oc1C. The number of rotatable bonds is 5. The number of aromatic nitrogens is 1. The minimum atomic E-state index is -0.564. The monoisotopic (exact) mass is 325 g/mol. The van der Waals surface area contributed by atoms with E-state index >= 15 is 0 Å². The lowest BCUT2D eigenvalue weighted by atomic mass is 10.3. The Morgan fingerprint density at radius 2 is 2.19 bits per heavy atom. The molecule has 112 valence electrons. The van der Waals surface area contributed by atoms with Crippen LogP contribution in [-0.4, -0.2) is 22.0 Å². The summed E-state index contributed by atoms with van der Waals surface area (Å²) in [5.74, 6) is -0.0661. The summed E-state index contributed by atoms with van der Waals surface area (Å²) in [5.41, 5.74) is 6.36. The minimum Gasteiger partial charge on any atom is -0.437 e. The third-order valence-corrected chi connectivity index (χ3v) is 4.60. The first-order valence-corrected chi connectivity index (χ1v) is 7.93. The molecule has 0 aliphatic heterocycles. The predicted octanol–water partition coefficient (Wildman–Crippen LogP) is 2.57. The Hall–Kier alpha value is -1.80. The Bertz CT molecular complexity index is 659. The number of oxazole rings is 1. The van der Waals surface area contributed by atoms with Crippen molar-refractivity contribution in [1.82, 2.24) is 4.98 Å². The van der Waals surface area contributed by atoms with Gasteiger partial charge in [0, 0.05) is 0 Å². The summed E-state index contributed by atoms with van der Waals surface area (Å²) in [4.78, 5) is 27.6. The third-order valence-electron chi connectivity index (χ3n) is 2.82. The Balaban J connectivity index is 2.02. The highest BCUT2D eigenvalue weighted by atomic mass is 32.2.